The van der Waals surface area contributed by atoms with E-state index in [0.29, 0.717) is 19.1 Å². The molecule has 90 valence electrons. The Kier molecular flexibility index (Phi) is 5.38. The van der Waals surface area contributed by atoms with Crippen LogP contribution >= 0.6 is 11.8 Å². The van der Waals surface area contributed by atoms with Crippen molar-refractivity contribution >= 4 is 21.8 Å². The van der Waals surface area contributed by atoms with Crippen LogP contribution in [0.25, 0.3) is 0 Å². The lowest BCUT2D eigenvalue weighted by Gasteiger charge is -2.16. The van der Waals surface area contributed by atoms with Crippen molar-refractivity contribution in [3.63, 3.8) is 0 Å². The highest BCUT2D eigenvalue weighted by atomic mass is 32.2. The summed E-state index contributed by atoms with van der Waals surface area (Å²) in [4.78, 5) is 0. The molecule has 0 saturated heterocycles. The largest absolute Gasteiger partial charge is 0.313 e. The van der Waals surface area contributed by atoms with Gasteiger partial charge in [-0.3, -0.25) is 0 Å². The van der Waals surface area contributed by atoms with Gasteiger partial charge >= 0.3 is 0 Å². The first-order valence-electron chi connectivity index (χ1n) is 5.22. The smallest absolute Gasteiger partial charge is 0.215 e. The van der Waals surface area contributed by atoms with E-state index in [-0.39, 0.29) is 5.75 Å². The average molecular weight is 252 g/mol. The lowest BCUT2D eigenvalue weighted by molar-refractivity contribution is 0.486. The molecule has 1 fully saturated rings. The van der Waals surface area contributed by atoms with Crippen molar-refractivity contribution in [3.8, 4) is 0 Å². The molecule has 0 atom stereocenters. The van der Waals surface area contributed by atoms with Gasteiger partial charge in [-0.2, -0.15) is 11.8 Å². The fourth-order valence-corrected chi connectivity index (χ4v) is 2.82. The Morgan fingerprint density at radius 2 is 2.13 bits per heavy atom. The number of nitrogens with one attached hydrogen (secondary N) is 1. The zero-order valence-corrected chi connectivity index (χ0v) is 11.0. The van der Waals surface area contributed by atoms with Gasteiger partial charge < -0.3 is 5.32 Å². The van der Waals surface area contributed by atoms with E-state index in [9.17, 15) is 8.42 Å². The zero-order valence-electron chi connectivity index (χ0n) is 9.40. The van der Waals surface area contributed by atoms with Gasteiger partial charge in [0.25, 0.3) is 0 Å². The quantitative estimate of drug-likeness (QED) is 0.678. The summed E-state index contributed by atoms with van der Waals surface area (Å²) in [7, 11) is -1.39. The lowest BCUT2D eigenvalue weighted by Crippen LogP contribution is -2.35. The minimum Gasteiger partial charge on any atom is -0.313 e. The van der Waals surface area contributed by atoms with Crippen LogP contribution in [0.2, 0.25) is 0 Å². The van der Waals surface area contributed by atoms with Gasteiger partial charge in [-0.05, 0) is 19.1 Å². The summed E-state index contributed by atoms with van der Waals surface area (Å²) >= 11 is 1.66. The van der Waals surface area contributed by atoms with E-state index in [4.69, 9.17) is 0 Å². The maximum absolute atomic E-state index is 11.7. The number of sulfonamides is 1. The molecule has 0 aromatic heterocycles. The van der Waals surface area contributed by atoms with Crippen molar-refractivity contribution < 1.29 is 8.42 Å². The Balaban J connectivity index is 2.22. The molecule has 0 aromatic rings. The van der Waals surface area contributed by atoms with Crippen molar-refractivity contribution in [2.24, 2.45) is 0 Å². The standard InChI is InChI=1S/C9H20N2O2S2/c1-11(6-7-14-2)15(12,13)8-5-10-9-3-4-9/h9-10H,3-8H2,1-2H3. The molecule has 0 heterocycles. The number of thioether (sulfide) groups is 1. The Hall–Kier alpha value is 0.220. The maximum Gasteiger partial charge on any atom is 0.215 e. The van der Waals surface area contributed by atoms with Gasteiger partial charge in [-0.1, -0.05) is 0 Å². The second-order valence-electron chi connectivity index (χ2n) is 3.86. The lowest BCUT2D eigenvalue weighted by atomic mass is 10.6. The van der Waals surface area contributed by atoms with Gasteiger partial charge in [0.05, 0.1) is 5.75 Å². The van der Waals surface area contributed by atoms with Crippen LogP contribution in [-0.2, 0) is 10.0 Å². The summed E-state index contributed by atoms with van der Waals surface area (Å²) in [6.45, 7) is 1.18. The van der Waals surface area contributed by atoms with E-state index in [1.807, 2.05) is 6.26 Å². The van der Waals surface area contributed by atoms with Crippen molar-refractivity contribution in [1.82, 2.24) is 9.62 Å². The minimum absolute atomic E-state index is 0.217. The fourth-order valence-electron chi connectivity index (χ4n) is 1.19. The first kappa shape index (κ1) is 13.3. The maximum atomic E-state index is 11.7. The van der Waals surface area contributed by atoms with Crippen LogP contribution in [0, 0.1) is 0 Å². The SMILES string of the molecule is CSCCN(C)S(=O)(=O)CCNC1CC1. The third-order valence-electron chi connectivity index (χ3n) is 2.46. The zero-order chi connectivity index (χ0) is 11.3. The minimum atomic E-state index is -3.04. The molecule has 1 saturated carbocycles. The van der Waals surface area contributed by atoms with Gasteiger partial charge in [-0.15, -0.1) is 0 Å². The van der Waals surface area contributed by atoms with Crippen LogP contribution < -0.4 is 5.32 Å². The van der Waals surface area contributed by atoms with Crippen LogP contribution in [0.15, 0.2) is 0 Å². The van der Waals surface area contributed by atoms with Crippen LogP contribution in [0.3, 0.4) is 0 Å². The molecular weight excluding hydrogens is 232 g/mol. The summed E-state index contributed by atoms with van der Waals surface area (Å²) in [5.41, 5.74) is 0. The molecule has 1 rings (SSSR count). The highest BCUT2D eigenvalue weighted by molar-refractivity contribution is 7.98. The second kappa shape index (κ2) is 6.08. The number of nitrogens with zero attached hydrogens (tertiary/aromatic N) is 1. The molecule has 4 nitrogen and oxygen atoms in total. The molecule has 0 bridgehead atoms. The molecular formula is C9H20N2O2S2. The van der Waals surface area contributed by atoms with E-state index in [1.54, 1.807) is 18.8 Å². The van der Waals surface area contributed by atoms with Gasteiger partial charge in [0, 0.05) is 31.9 Å². The molecule has 0 unspecified atom stereocenters. The summed E-state index contributed by atoms with van der Waals surface area (Å²) in [6, 6.07) is 0.580. The third kappa shape index (κ3) is 5.19. The predicted molar refractivity (Wildman–Crippen MR) is 65.8 cm³/mol. The highest BCUT2D eigenvalue weighted by Crippen LogP contribution is 2.18. The third-order valence-corrected chi connectivity index (χ3v) is 4.90. The Morgan fingerprint density at radius 3 is 2.67 bits per heavy atom. The predicted octanol–water partition coefficient (Wildman–Crippen LogP) is 0.363. The van der Waals surface area contributed by atoms with E-state index in [0.717, 1.165) is 5.75 Å². The van der Waals surface area contributed by atoms with Crippen LogP contribution in [0.4, 0.5) is 0 Å². The molecule has 1 aliphatic rings. The van der Waals surface area contributed by atoms with Gasteiger partial charge in [-0.25, -0.2) is 12.7 Å². The highest BCUT2D eigenvalue weighted by Gasteiger charge is 2.22. The Morgan fingerprint density at radius 1 is 1.47 bits per heavy atom. The molecule has 1 N–H and O–H groups in total. The molecule has 0 spiro atoms. The van der Waals surface area contributed by atoms with Crippen molar-refractivity contribution in [3.05, 3.63) is 0 Å². The molecule has 1 aliphatic carbocycles. The van der Waals surface area contributed by atoms with Crippen molar-refractivity contribution in [1.29, 1.82) is 0 Å². The first-order valence-corrected chi connectivity index (χ1v) is 8.23. The molecule has 6 heteroatoms. The van der Waals surface area contributed by atoms with Crippen LogP contribution in [-0.4, -0.2) is 56.7 Å². The van der Waals surface area contributed by atoms with E-state index < -0.39 is 10.0 Å². The molecule has 0 radical (unpaired) electrons. The number of hydrogen-bond donors (Lipinski definition) is 1. The first-order chi connectivity index (χ1) is 7.06. The topological polar surface area (TPSA) is 49.4 Å². The second-order valence-corrected chi connectivity index (χ2v) is 7.04. The fraction of sp³-hybridized carbons (Fsp3) is 1.00. The molecule has 15 heavy (non-hydrogen) atoms. The Bertz CT molecular complexity index is 276. The summed E-state index contributed by atoms with van der Waals surface area (Å²) < 4.78 is 24.9. The van der Waals surface area contributed by atoms with Gasteiger partial charge in [0.1, 0.15) is 0 Å². The summed E-state index contributed by atoms with van der Waals surface area (Å²) in [5, 5.41) is 3.21. The monoisotopic (exact) mass is 252 g/mol. The van der Waals surface area contributed by atoms with E-state index >= 15 is 0 Å². The van der Waals surface area contributed by atoms with Gasteiger partial charge in [0.2, 0.25) is 10.0 Å². The Labute approximate surface area is 96.8 Å². The van der Waals surface area contributed by atoms with E-state index in [1.165, 1.54) is 17.1 Å². The van der Waals surface area contributed by atoms with Crippen molar-refractivity contribution in [2.75, 3.05) is 37.9 Å². The number of hydrogen-bond acceptors (Lipinski definition) is 4. The number of rotatable bonds is 8. The van der Waals surface area contributed by atoms with E-state index in [2.05, 4.69) is 5.32 Å². The van der Waals surface area contributed by atoms with Crippen molar-refractivity contribution in [2.45, 2.75) is 18.9 Å². The summed E-state index contributed by atoms with van der Waals surface area (Å²) in [6.07, 6.45) is 4.37. The average Bonchev–Trinajstić information content (AvgIpc) is 2.97. The van der Waals surface area contributed by atoms with Gasteiger partial charge in [0.15, 0.2) is 0 Å². The molecule has 0 amide bonds. The van der Waals surface area contributed by atoms with Crippen LogP contribution in [0.1, 0.15) is 12.8 Å². The summed E-state index contributed by atoms with van der Waals surface area (Å²) in [5.74, 6) is 1.07. The molecule has 0 aromatic carbocycles. The normalized spacial score (nSPS) is 17.3. The molecule has 0 aliphatic heterocycles. The van der Waals surface area contributed by atoms with Crippen LogP contribution in [0.5, 0.6) is 0 Å².